The smallest absolute Gasteiger partial charge is 0.137 e. The molecule has 0 radical (unpaired) electrons. The fourth-order valence-electron chi connectivity index (χ4n) is 2.04. The zero-order valence-electron chi connectivity index (χ0n) is 11.0. The number of nitrogens with zero attached hydrogens (tertiary/aromatic N) is 2. The van der Waals surface area contributed by atoms with Crippen molar-refractivity contribution in [3.63, 3.8) is 0 Å². The fourth-order valence-corrected chi connectivity index (χ4v) is 2.43. The molecule has 2 rings (SSSR count). The molecule has 0 bridgehead atoms. The molecule has 1 atom stereocenters. The van der Waals surface area contributed by atoms with Crippen molar-refractivity contribution in [1.29, 1.82) is 0 Å². The van der Waals surface area contributed by atoms with Gasteiger partial charge in [0.1, 0.15) is 5.82 Å². The van der Waals surface area contributed by atoms with Gasteiger partial charge in [0, 0.05) is 18.8 Å². The first-order valence-electron chi connectivity index (χ1n) is 6.27. The summed E-state index contributed by atoms with van der Waals surface area (Å²) in [5.74, 6) is -0.239. The minimum Gasteiger partial charge on any atom is -0.313 e. The quantitative estimate of drug-likeness (QED) is 0.914. The van der Waals surface area contributed by atoms with Gasteiger partial charge in [-0.3, -0.25) is 4.68 Å². The summed E-state index contributed by atoms with van der Waals surface area (Å²) in [7, 11) is 1.91. The van der Waals surface area contributed by atoms with Crippen molar-refractivity contribution < 1.29 is 4.39 Å². The van der Waals surface area contributed by atoms with Crippen LogP contribution in [0.2, 0.25) is 0 Å². The Balaban J connectivity index is 2.17. The molecule has 0 amide bonds. The van der Waals surface area contributed by atoms with E-state index in [0.717, 1.165) is 18.5 Å². The predicted octanol–water partition coefficient (Wildman–Crippen LogP) is 3.31. The van der Waals surface area contributed by atoms with E-state index in [-0.39, 0.29) is 11.9 Å². The van der Waals surface area contributed by atoms with E-state index in [1.165, 1.54) is 11.6 Å². The molecule has 0 aliphatic heterocycles. The molecule has 1 heterocycles. The van der Waals surface area contributed by atoms with Gasteiger partial charge in [0.15, 0.2) is 0 Å². The molecular formula is C14H17BrFN3. The van der Waals surface area contributed by atoms with Crippen LogP contribution in [0.1, 0.15) is 24.1 Å². The maximum Gasteiger partial charge on any atom is 0.137 e. The van der Waals surface area contributed by atoms with Crippen LogP contribution in [0.15, 0.2) is 35.1 Å². The molecule has 1 unspecified atom stereocenters. The lowest BCUT2D eigenvalue weighted by Crippen LogP contribution is -2.18. The number of hydrogen-bond acceptors (Lipinski definition) is 2. The molecule has 2 aromatic rings. The van der Waals surface area contributed by atoms with Crippen LogP contribution in [0.3, 0.4) is 0 Å². The molecule has 0 fully saturated rings. The van der Waals surface area contributed by atoms with E-state index in [1.54, 1.807) is 0 Å². The van der Waals surface area contributed by atoms with E-state index in [0.29, 0.717) is 4.47 Å². The minimum absolute atomic E-state index is 0.145. The van der Waals surface area contributed by atoms with Gasteiger partial charge >= 0.3 is 0 Å². The molecule has 0 saturated carbocycles. The van der Waals surface area contributed by atoms with Crippen molar-refractivity contribution in [3.05, 3.63) is 52.0 Å². The largest absolute Gasteiger partial charge is 0.313 e. The minimum atomic E-state index is -0.239. The standard InChI is InChI=1S/C14H17BrFN3/c1-3-19-9-10(8-18-19)6-14(17-2)11-4-5-13(16)12(15)7-11/h4-5,7-9,14,17H,3,6H2,1-2H3. The molecule has 19 heavy (non-hydrogen) atoms. The van der Waals surface area contributed by atoms with Gasteiger partial charge in [-0.25, -0.2) is 4.39 Å². The van der Waals surface area contributed by atoms with Gasteiger partial charge < -0.3 is 5.32 Å². The third kappa shape index (κ3) is 3.42. The number of aromatic nitrogens is 2. The van der Waals surface area contributed by atoms with E-state index in [1.807, 2.05) is 36.3 Å². The summed E-state index contributed by atoms with van der Waals surface area (Å²) in [5, 5.41) is 7.53. The van der Waals surface area contributed by atoms with Gasteiger partial charge in [-0.2, -0.15) is 5.10 Å². The average Bonchev–Trinajstić information content (AvgIpc) is 2.87. The van der Waals surface area contributed by atoms with Gasteiger partial charge in [0.2, 0.25) is 0 Å². The van der Waals surface area contributed by atoms with E-state index in [2.05, 4.69) is 33.3 Å². The summed E-state index contributed by atoms with van der Waals surface area (Å²) >= 11 is 3.23. The Morgan fingerprint density at radius 2 is 2.26 bits per heavy atom. The maximum absolute atomic E-state index is 13.3. The van der Waals surface area contributed by atoms with Crippen molar-refractivity contribution in [2.24, 2.45) is 0 Å². The lowest BCUT2D eigenvalue weighted by Gasteiger charge is -2.16. The van der Waals surface area contributed by atoms with E-state index in [9.17, 15) is 4.39 Å². The maximum atomic E-state index is 13.3. The van der Waals surface area contributed by atoms with Crippen LogP contribution >= 0.6 is 15.9 Å². The average molecular weight is 326 g/mol. The van der Waals surface area contributed by atoms with Gasteiger partial charge in [-0.1, -0.05) is 6.07 Å². The Hall–Kier alpha value is -1.20. The first kappa shape index (κ1) is 14.2. The number of halogens is 2. The number of rotatable bonds is 5. The molecule has 3 nitrogen and oxygen atoms in total. The highest BCUT2D eigenvalue weighted by Gasteiger charge is 2.13. The normalized spacial score (nSPS) is 12.6. The number of likely N-dealkylation sites (N-methyl/N-ethyl adjacent to an activating group) is 1. The monoisotopic (exact) mass is 325 g/mol. The van der Waals surface area contributed by atoms with Crippen LogP contribution in [0.4, 0.5) is 4.39 Å². The molecule has 0 saturated heterocycles. The molecule has 0 aliphatic carbocycles. The van der Waals surface area contributed by atoms with Crippen molar-refractivity contribution in [2.75, 3.05) is 7.05 Å². The van der Waals surface area contributed by atoms with Gasteiger partial charge in [-0.05, 0) is 59.6 Å². The summed E-state index contributed by atoms with van der Waals surface area (Å²) < 4.78 is 15.7. The zero-order chi connectivity index (χ0) is 13.8. The second-order valence-corrected chi connectivity index (χ2v) is 5.28. The van der Waals surface area contributed by atoms with E-state index >= 15 is 0 Å². The Morgan fingerprint density at radius 3 is 2.84 bits per heavy atom. The molecule has 0 aliphatic rings. The fraction of sp³-hybridized carbons (Fsp3) is 0.357. The molecule has 1 aromatic carbocycles. The molecule has 1 aromatic heterocycles. The lowest BCUT2D eigenvalue weighted by molar-refractivity contribution is 0.583. The lowest BCUT2D eigenvalue weighted by atomic mass is 10.0. The van der Waals surface area contributed by atoms with Crippen LogP contribution in [-0.4, -0.2) is 16.8 Å². The summed E-state index contributed by atoms with van der Waals surface area (Å²) in [4.78, 5) is 0. The van der Waals surface area contributed by atoms with E-state index in [4.69, 9.17) is 0 Å². The third-order valence-electron chi connectivity index (χ3n) is 3.15. The Morgan fingerprint density at radius 1 is 1.47 bits per heavy atom. The van der Waals surface area contributed by atoms with Crippen LogP contribution in [-0.2, 0) is 13.0 Å². The first-order valence-corrected chi connectivity index (χ1v) is 7.07. The SMILES string of the molecule is CCn1cc(CC(NC)c2ccc(F)c(Br)c2)cn1. The summed E-state index contributed by atoms with van der Waals surface area (Å²) in [6.45, 7) is 2.93. The van der Waals surface area contributed by atoms with Crippen LogP contribution in [0.5, 0.6) is 0 Å². The topological polar surface area (TPSA) is 29.9 Å². The van der Waals surface area contributed by atoms with E-state index < -0.39 is 0 Å². The highest BCUT2D eigenvalue weighted by atomic mass is 79.9. The van der Waals surface area contributed by atoms with Crippen molar-refractivity contribution in [1.82, 2.24) is 15.1 Å². The highest BCUT2D eigenvalue weighted by molar-refractivity contribution is 9.10. The summed E-state index contributed by atoms with van der Waals surface area (Å²) in [5.41, 5.74) is 2.22. The molecule has 1 N–H and O–H groups in total. The van der Waals surface area contributed by atoms with Crippen molar-refractivity contribution >= 4 is 15.9 Å². The molecule has 0 spiro atoms. The Bertz CT molecular complexity index is 553. The molecular weight excluding hydrogens is 309 g/mol. The number of benzene rings is 1. The number of aryl methyl sites for hydroxylation is 1. The third-order valence-corrected chi connectivity index (χ3v) is 3.75. The van der Waals surface area contributed by atoms with Crippen molar-refractivity contribution in [3.8, 4) is 0 Å². The first-order chi connectivity index (χ1) is 9.13. The summed E-state index contributed by atoms with van der Waals surface area (Å²) in [6.07, 6.45) is 4.75. The Kier molecular flexibility index (Phi) is 4.71. The second-order valence-electron chi connectivity index (χ2n) is 4.42. The predicted molar refractivity (Wildman–Crippen MR) is 77.5 cm³/mol. The molecule has 102 valence electrons. The van der Waals surface area contributed by atoms with Crippen molar-refractivity contribution in [2.45, 2.75) is 25.9 Å². The molecule has 5 heteroatoms. The number of hydrogen-bond donors (Lipinski definition) is 1. The second kappa shape index (κ2) is 6.30. The highest BCUT2D eigenvalue weighted by Crippen LogP contribution is 2.23. The van der Waals surface area contributed by atoms with Gasteiger partial charge in [-0.15, -0.1) is 0 Å². The number of nitrogens with one attached hydrogen (secondary N) is 1. The van der Waals surface area contributed by atoms with Gasteiger partial charge in [0.25, 0.3) is 0 Å². The summed E-state index contributed by atoms with van der Waals surface area (Å²) in [6, 6.07) is 5.26. The van der Waals surface area contributed by atoms with Crippen LogP contribution < -0.4 is 5.32 Å². The van der Waals surface area contributed by atoms with Crippen LogP contribution in [0, 0.1) is 5.82 Å². The van der Waals surface area contributed by atoms with Gasteiger partial charge in [0.05, 0.1) is 10.7 Å². The zero-order valence-corrected chi connectivity index (χ0v) is 12.6. The van der Waals surface area contributed by atoms with Crippen LogP contribution in [0.25, 0.3) is 0 Å². The Labute approximate surface area is 121 Å².